The third-order valence-corrected chi connectivity index (χ3v) is 5.24. The first-order valence-electron chi connectivity index (χ1n) is 9.72. The van der Waals surface area contributed by atoms with Crippen LogP contribution in [0.4, 0.5) is 10.5 Å². The molecule has 2 aliphatic heterocycles. The number of carboxylic acids is 1. The van der Waals surface area contributed by atoms with Crippen LogP contribution in [0.2, 0.25) is 0 Å². The van der Waals surface area contributed by atoms with Crippen LogP contribution in [-0.4, -0.2) is 55.4 Å². The quantitative estimate of drug-likeness (QED) is 0.778. The van der Waals surface area contributed by atoms with Crippen molar-refractivity contribution in [2.75, 3.05) is 31.3 Å². The number of rotatable bonds is 6. The minimum Gasteiger partial charge on any atom is -0.490 e. The second-order valence-corrected chi connectivity index (χ2v) is 7.40. The van der Waals surface area contributed by atoms with Crippen LogP contribution in [0, 0.1) is 0 Å². The van der Waals surface area contributed by atoms with Gasteiger partial charge in [0.2, 0.25) is 0 Å². The summed E-state index contributed by atoms with van der Waals surface area (Å²) in [5.41, 5.74) is 1.77. The van der Waals surface area contributed by atoms with E-state index in [4.69, 9.17) is 24.1 Å². The van der Waals surface area contributed by atoms with Crippen molar-refractivity contribution in [2.45, 2.75) is 24.7 Å². The summed E-state index contributed by atoms with van der Waals surface area (Å²) in [6.45, 7) is 2.60. The van der Waals surface area contributed by atoms with Crippen LogP contribution in [0.25, 0.3) is 0 Å². The zero-order chi connectivity index (χ0) is 21.1. The molecule has 0 saturated carbocycles. The number of hydrogen-bond acceptors (Lipinski definition) is 6. The molecule has 0 bridgehead atoms. The fourth-order valence-corrected chi connectivity index (χ4v) is 3.38. The van der Waals surface area contributed by atoms with Crippen LogP contribution in [0.15, 0.2) is 54.6 Å². The third-order valence-electron chi connectivity index (χ3n) is 5.24. The number of carboxylic acid groups (broad SMARTS) is 1. The Morgan fingerprint density at radius 1 is 1.13 bits per heavy atom. The lowest BCUT2D eigenvalue weighted by molar-refractivity contribution is -0.262. The van der Waals surface area contributed by atoms with E-state index < -0.39 is 11.8 Å². The first kappa shape index (κ1) is 20.2. The van der Waals surface area contributed by atoms with Gasteiger partial charge in [-0.3, -0.25) is 4.90 Å². The lowest BCUT2D eigenvalue weighted by Gasteiger charge is -2.34. The van der Waals surface area contributed by atoms with Crippen LogP contribution in [0.5, 0.6) is 5.75 Å². The number of anilines is 1. The number of carbonyl (C=O) groups excluding carboxylic acids is 1. The van der Waals surface area contributed by atoms with Crippen LogP contribution in [0.1, 0.15) is 18.4 Å². The monoisotopic (exact) mass is 413 g/mol. The summed E-state index contributed by atoms with van der Waals surface area (Å²) in [7, 11) is 0. The summed E-state index contributed by atoms with van der Waals surface area (Å²) in [4.78, 5) is 24.8. The van der Waals surface area contributed by atoms with Gasteiger partial charge in [0, 0.05) is 18.5 Å². The Labute approximate surface area is 173 Å². The second-order valence-electron chi connectivity index (χ2n) is 7.40. The van der Waals surface area contributed by atoms with Gasteiger partial charge in [-0.2, -0.15) is 0 Å². The molecule has 2 fully saturated rings. The van der Waals surface area contributed by atoms with Gasteiger partial charge in [0.1, 0.15) is 12.4 Å². The Balaban J connectivity index is 1.29. The highest BCUT2D eigenvalue weighted by atomic mass is 16.7. The average Bonchev–Trinajstić information content (AvgIpc) is 3.14. The molecule has 2 saturated heterocycles. The van der Waals surface area contributed by atoms with E-state index in [2.05, 4.69) is 0 Å². The SMILES string of the molecule is CC1(C(=O)O)OCC(c2ccc(OCC3CN(c4ccccc4)C(=O)O3)cc2)CO1. The smallest absolute Gasteiger partial charge is 0.414 e. The summed E-state index contributed by atoms with van der Waals surface area (Å²) in [5, 5.41) is 9.14. The third kappa shape index (κ3) is 4.24. The number of nitrogens with zero attached hydrogens (tertiary/aromatic N) is 1. The Bertz CT molecular complexity index is 891. The lowest BCUT2D eigenvalue weighted by Crippen LogP contribution is -2.47. The van der Waals surface area contributed by atoms with Crippen molar-refractivity contribution in [2.24, 2.45) is 0 Å². The van der Waals surface area contributed by atoms with E-state index in [0.29, 0.717) is 12.3 Å². The van der Waals surface area contributed by atoms with Crippen LogP contribution < -0.4 is 9.64 Å². The Hall–Kier alpha value is -3.10. The number of benzene rings is 2. The zero-order valence-corrected chi connectivity index (χ0v) is 16.5. The summed E-state index contributed by atoms with van der Waals surface area (Å²) >= 11 is 0. The molecule has 0 aliphatic carbocycles. The number of hydrogen-bond donors (Lipinski definition) is 1. The molecule has 2 aliphatic rings. The van der Waals surface area contributed by atoms with Gasteiger partial charge in [0.25, 0.3) is 5.79 Å². The van der Waals surface area contributed by atoms with E-state index in [1.807, 2.05) is 54.6 Å². The second kappa shape index (κ2) is 8.33. The minimum atomic E-state index is -1.59. The number of carbonyl (C=O) groups is 2. The van der Waals surface area contributed by atoms with Gasteiger partial charge in [-0.1, -0.05) is 30.3 Å². The molecular weight excluding hydrogens is 390 g/mol. The summed E-state index contributed by atoms with van der Waals surface area (Å²) in [6, 6.07) is 16.8. The molecule has 1 unspecified atom stereocenters. The highest BCUT2D eigenvalue weighted by Gasteiger charge is 2.40. The molecule has 30 heavy (non-hydrogen) atoms. The summed E-state index contributed by atoms with van der Waals surface area (Å²) < 4.78 is 22.0. The van der Waals surface area contributed by atoms with Gasteiger partial charge in [-0.15, -0.1) is 0 Å². The van der Waals surface area contributed by atoms with Gasteiger partial charge in [-0.05, 0) is 29.8 Å². The number of para-hydroxylation sites is 1. The molecule has 8 nitrogen and oxygen atoms in total. The topological polar surface area (TPSA) is 94.5 Å². The van der Waals surface area contributed by atoms with Gasteiger partial charge >= 0.3 is 12.1 Å². The van der Waals surface area contributed by atoms with Crippen molar-refractivity contribution in [3.8, 4) is 5.75 Å². The molecule has 158 valence electrons. The zero-order valence-electron chi connectivity index (χ0n) is 16.5. The number of amides is 1. The summed E-state index contributed by atoms with van der Waals surface area (Å²) in [5.74, 6) is -2.13. The molecule has 2 aromatic carbocycles. The first-order valence-corrected chi connectivity index (χ1v) is 9.72. The van der Waals surface area contributed by atoms with Crippen molar-refractivity contribution >= 4 is 17.7 Å². The van der Waals surface area contributed by atoms with E-state index in [-0.39, 0.29) is 37.9 Å². The maximum atomic E-state index is 12.1. The minimum absolute atomic E-state index is 0.0540. The molecule has 0 aromatic heterocycles. The van der Waals surface area contributed by atoms with E-state index in [1.54, 1.807) is 4.90 Å². The van der Waals surface area contributed by atoms with Gasteiger partial charge in [-0.25, -0.2) is 9.59 Å². The predicted octanol–water partition coefficient (Wildman–Crippen LogP) is 3.02. The Morgan fingerprint density at radius 2 is 1.80 bits per heavy atom. The van der Waals surface area contributed by atoms with Crippen molar-refractivity contribution in [1.82, 2.24) is 0 Å². The van der Waals surface area contributed by atoms with E-state index in [1.165, 1.54) is 6.92 Å². The fraction of sp³-hybridized carbons (Fsp3) is 0.364. The van der Waals surface area contributed by atoms with Crippen molar-refractivity contribution in [3.63, 3.8) is 0 Å². The van der Waals surface area contributed by atoms with Gasteiger partial charge < -0.3 is 24.1 Å². The normalized spacial score (nSPS) is 26.3. The average molecular weight is 413 g/mol. The number of cyclic esters (lactones) is 1. The highest BCUT2D eigenvalue weighted by molar-refractivity contribution is 5.89. The molecule has 0 spiro atoms. The van der Waals surface area contributed by atoms with E-state index in [0.717, 1.165) is 11.3 Å². The number of aliphatic carboxylic acids is 1. The van der Waals surface area contributed by atoms with E-state index in [9.17, 15) is 9.59 Å². The van der Waals surface area contributed by atoms with Crippen molar-refractivity contribution in [3.05, 3.63) is 60.2 Å². The fourth-order valence-electron chi connectivity index (χ4n) is 3.38. The predicted molar refractivity (Wildman–Crippen MR) is 107 cm³/mol. The first-order chi connectivity index (χ1) is 14.4. The maximum absolute atomic E-state index is 12.1. The summed E-state index contributed by atoms with van der Waals surface area (Å²) in [6.07, 6.45) is -0.734. The molecule has 8 heteroatoms. The highest BCUT2D eigenvalue weighted by Crippen LogP contribution is 2.29. The van der Waals surface area contributed by atoms with E-state index >= 15 is 0 Å². The van der Waals surface area contributed by atoms with Crippen molar-refractivity contribution < 1.29 is 33.6 Å². The molecule has 0 radical (unpaired) electrons. The van der Waals surface area contributed by atoms with Gasteiger partial charge in [0.05, 0.1) is 19.8 Å². The Morgan fingerprint density at radius 3 is 2.43 bits per heavy atom. The standard InChI is InChI=1S/C22H23NO7/c1-22(20(24)25)28-12-16(13-29-22)15-7-9-18(10-8-15)27-14-19-11-23(21(26)30-19)17-5-3-2-4-6-17/h2-10,16,19H,11-14H2,1H3,(H,24,25). The molecule has 4 rings (SSSR count). The molecular formula is C22H23NO7. The molecule has 1 amide bonds. The van der Waals surface area contributed by atoms with Gasteiger partial charge in [0.15, 0.2) is 6.10 Å². The molecule has 1 N–H and O–H groups in total. The van der Waals surface area contributed by atoms with Crippen LogP contribution in [-0.2, 0) is 19.0 Å². The molecule has 2 heterocycles. The van der Waals surface area contributed by atoms with Crippen molar-refractivity contribution in [1.29, 1.82) is 0 Å². The van der Waals surface area contributed by atoms with Crippen LogP contribution >= 0.6 is 0 Å². The maximum Gasteiger partial charge on any atom is 0.414 e. The number of ether oxygens (including phenoxy) is 4. The Kier molecular flexibility index (Phi) is 5.61. The van der Waals surface area contributed by atoms with Crippen LogP contribution in [0.3, 0.4) is 0 Å². The lowest BCUT2D eigenvalue weighted by atomic mass is 9.99. The largest absolute Gasteiger partial charge is 0.490 e. The molecule has 2 aromatic rings. The molecule has 1 atom stereocenters.